The van der Waals surface area contributed by atoms with E-state index >= 15 is 0 Å². The molecule has 0 saturated carbocycles. The number of carbonyl (C=O) groups is 4. The second-order valence-corrected chi connectivity index (χ2v) is 3.60. The fraction of sp³-hybridized carbons (Fsp3) is 0.556. The number of amides is 3. The van der Waals surface area contributed by atoms with Gasteiger partial charge in [-0.2, -0.15) is 0 Å². The minimum Gasteiger partial charge on any atom is -0.481 e. The molecule has 0 spiro atoms. The number of likely N-dealkylation sites (N-methyl/N-ethyl adjacent to an activating group) is 1. The highest BCUT2D eigenvalue weighted by Gasteiger charge is 2.22. The van der Waals surface area contributed by atoms with Gasteiger partial charge in [0.1, 0.15) is 12.6 Å². The van der Waals surface area contributed by atoms with Gasteiger partial charge in [0.15, 0.2) is 0 Å². The summed E-state index contributed by atoms with van der Waals surface area (Å²) in [5, 5.41) is 19.3. The number of urea groups is 1. The minimum absolute atomic E-state index is 0.249. The molecule has 0 unspecified atom stereocenters. The van der Waals surface area contributed by atoms with Crippen molar-refractivity contribution in [3.63, 3.8) is 0 Å². The Kier molecular flexibility index (Phi) is 6.18. The van der Waals surface area contributed by atoms with E-state index in [1.807, 2.05) is 0 Å². The van der Waals surface area contributed by atoms with Crippen LogP contribution in [0.3, 0.4) is 0 Å². The Hall–Kier alpha value is -2.32. The van der Waals surface area contributed by atoms with Gasteiger partial charge in [-0.15, -0.1) is 0 Å². The van der Waals surface area contributed by atoms with E-state index in [9.17, 15) is 19.2 Å². The average Bonchev–Trinajstić information content (AvgIpc) is 2.21. The molecule has 9 heteroatoms. The van der Waals surface area contributed by atoms with Crippen LogP contribution >= 0.6 is 0 Å². The number of carboxylic acids is 2. The first-order valence-electron chi connectivity index (χ1n) is 4.98. The molecule has 18 heavy (non-hydrogen) atoms. The molecule has 0 aromatic rings. The molecule has 0 aliphatic heterocycles. The minimum atomic E-state index is -1.35. The second-order valence-electron chi connectivity index (χ2n) is 3.60. The standard InChI is InChI=1S/C9H15N3O6/c1-12(4-6(10)13)9(18)11-5(8(16)17)2-3-7(14)15/h5H,2-4H2,1H3,(H2,10,13)(H,11,18)(H,14,15)(H,16,17)/t5-/m0/s1. The Labute approximate surface area is 103 Å². The molecule has 0 rings (SSSR count). The third-order valence-electron chi connectivity index (χ3n) is 1.98. The summed E-state index contributed by atoms with van der Waals surface area (Å²) in [4.78, 5) is 44.0. The van der Waals surface area contributed by atoms with Crippen molar-refractivity contribution in [2.24, 2.45) is 5.73 Å². The Balaban J connectivity index is 4.40. The molecule has 9 nitrogen and oxygen atoms in total. The molecular formula is C9H15N3O6. The largest absolute Gasteiger partial charge is 0.481 e. The third kappa shape index (κ3) is 6.30. The van der Waals surface area contributed by atoms with Crippen LogP contribution in [0, 0.1) is 0 Å². The van der Waals surface area contributed by atoms with Crippen LogP contribution in [0.2, 0.25) is 0 Å². The zero-order valence-corrected chi connectivity index (χ0v) is 9.75. The summed E-state index contributed by atoms with van der Waals surface area (Å²) in [6.45, 7) is -0.364. The van der Waals surface area contributed by atoms with Crippen molar-refractivity contribution in [3.05, 3.63) is 0 Å². The van der Waals surface area contributed by atoms with Crippen molar-refractivity contribution < 1.29 is 29.4 Å². The molecule has 0 aromatic carbocycles. The van der Waals surface area contributed by atoms with E-state index in [2.05, 4.69) is 5.32 Å². The molecule has 102 valence electrons. The predicted octanol–water partition coefficient (Wildman–Crippen LogP) is -1.57. The van der Waals surface area contributed by atoms with Gasteiger partial charge in [0.05, 0.1) is 0 Å². The monoisotopic (exact) mass is 261 g/mol. The van der Waals surface area contributed by atoms with Gasteiger partial charge in [0, 0.05) is 13.5 Å². The van der Waals surface area contributed by atoms with E-state index in [-0.39, 0.29) is 13.0 Å². The van der Waals surface area contributed by atoms with E-state index in [4.69, 9.17) is 15.9 Å². The van der Waals surface area contributed by atoms with Crippen molar-refractivity contribution >= 4 is 23.9 Å². The molecular weight excluding hydrogens is 246 g/mol. The first kappa shape index (κ1) is 15.7. The van der Waals surface area contributed by atoms with Gasteiger partial charge >= 0.3 is 18.0 Å². The Morgan fingerprint density at radius 1 is 1.28 bits per heavy atom. The van der Waals surface area contributed by atoms with Gasteiger partial charge in [-0.3, -0.25) is 9.59 Å². The predicted molar refractivity (Wildman–Crippen MR) is 58.6 cm³/mol. The third-order valence-corrected chi connectivity index (χ3v) is 1.98. The molecule has 0 saturated heterocycles. The van der Waals surface area contributed by atoms with Crippen LogP contribution in [0.15, 0.2) is 0 Å². The van der Waals surface area contributed by atoms with Crippen LogP contribution < -0.4 is 11.1 Å². The molecule has 0 bridgehead atoms. The number of carbonyl (C=O) groups excluding carboxylic acids is 2. The number of nitrogens with zero attached hydrogens (tertiary/aromatic N) is 1. The first-order chi connectivity index (χ1) is 8.23. The summed E-state index contributed by atoms with van der Waals surface area (Å²) in [6, 6.07) is -2.14. The zero-order chi connectivity index (χ0) is 14.3. The average molecular weight is 261 g/mol. The summed E-state index contributed by atoms with van der Waals surface area (Å²) >= 11 is 0. The van der Waals surface area contributed by atoms with Gasteiger partial charge in [-0.1, -0.05) is 0 Å². The maximum absolute atomic E-state index is 11.4. The lowest BCUT2D eigenvalue weighted by molar-refractivity contribution is -0.140. The van der Waals surface area contributed by atoms with Crippen molar-refractivity contribution in [1.29, 1.82) is 0 Å². The maximum atomic E-state index is 11.4. The van der Waals surface area contributed by atoms with Crippen LogP contribution in [0.4, 0.5) is 4.79 Å². The van der Waals surface area contributed by atoms with Gasteiger partial charge in [-0.05, 0) is 6.42 Å². The normalized spacial score (nSPS) is 11.4. The lowest BCUT2D eigenvalue weighted by Gasteiger charge is -2.19. The lowest BCUT2D eigenvalue weighted by Crippen LogP contribution is -2.48. The van der Waals surface area contributed by atoms with Crippen LogP contribution in [-0.2, 0) is 14.4 Å². The molecule has 0 aliphatic carbocycles. The molecule has 0 radical (unpaired) electrons. The van der Waals surface area contributed by atoms with Crippen molar-refractivity contribution in [3.8, 4) is 0 Å². The Morgan fingerprint density at radius 2 is 1.83 bits per heavy atom. The highest BCUT2D eigenvalue weighted by molar-refractivity contribution is 5.86. The van der Waals surface area contributed by atoms with Crippen LogP contribution in [0.1, 0.15) is 12.8 Å². The van der Waals surface area contributed by atoms with Crippen molar-refractivity contribution in [2.45, 2.75) is 18.9 Å². The van der Waals surface area contributed by atoms with E-state index in [1.165, 1.54) is 7.05 Å². The van der Waals surface area contributed by atoms with E-state index in [0.717, 1.165) is 4.90 Å². The molecule has 0 heterocycles. The first-order valence-corrected chi connectivity index (χ1v) is 4.98. The Bertz CT molecular complexity index is 356. The molecule has 3 amide bonds. The molecule has 1 atom stereocenters. The van der Waals surface area contributed by atoms with Gasteiger partial charge in [0.2, 0.25) is 5.91 Å². The number of rotatable bonds is 7. The summed E-state index contributed by atoms with van der Waals surface area (Å²) in [6.07, 6.45) is -0.641. The van der Waals surface area contributed by atoms with E-state index in [0.29, 0.717) is 0 Å². The van der Waals surface area contributed by atoms with E-state index < -0.39 is 36.3 Å². The lowest BCUT2D eigenvalue weighted by atomic mass is 10.1. The molecule has 0 aromatic heterocycles. The topological polar surface area (TPSA) is 150 Å². The number of carboxylic acid groups (broad SMARTS) is 2. The van der Waals surface area contributed by atoms with Crippen LogP contribution in [0.25, 0.3) is 0 Å². The number of aliphatic carboxylic acids is 2. The van der Waals surface area contributed by atoms with Gasteiger partial charge in [0.25, 0.3) is 0 Å². The van der Waals surface area contributed by atoms with Crippen LogP contribution in [0.5, 0.6) is 0 Å². The van der Waals surface area contributed by atoms with Gasteiger partial charge in [-0.25, -0.2) is 9.59 Å². The quantitative estimate of drug-likeness (QED) is 0.434. The SMILES string of the molecule is CN(CC(N)=O)C(=O)N[C@@H](CCC(=O)O)C(=O)O. The van der Waals surface area contributed by atoms with E-state index in [1.54, 1.807) is 0 Å². The summed E-state index contributed by atoms with van der Waals surface area (Å²) in [5.41, 5.74) is 4.87. The summed E-state index contributed by atoms with van der Waals surface area (Å²) < 4.78 is 0. The van der Waals surface area contributed by atoms with Crippen molar-refractivity contribution in [1.82, 2.24) is 10.2 Å². The van der Waals surface area contributed by atoms with Crippen molar-refractivity contribution in [2.75, 3.05) is 13.6 Å². The zero-order valence-electron chi connectivity index (χ0n) is 9.75. The molecule has 5 N–H and O–H groups in total. The smallest absolute Gasteiger partial charge is 0.326 e. The summed E-state index contributed by atoms with van der Waals surface area (Å²) in [7, 11) is 1.26. The fourth-order valence-electron chi connectivity index (χ4n) is 1.09. The molecule has 0 aliphatic rings. The number of primary amides is 1. The summed E-state index contributed by atoms with van der Waals surface area (Å²) in [5.74, 6) is -3.26. The number of nitrogens with one attached hydrogen (secondary N) is 1. The highest BCUT2D eigenvalue weighted by atomic mass is 16.4. The van der Waals surface area contributed by atoms with Gasteiger partial charge < -0.3 is 26.2 Å². The number of hydrogen-bond acceptors (Lipinski definition) is 4. The highest BCUT2D eigenvalue weighted by Crippen LogP contribution is 1.99. The van der Waals surface area contributed by atoms with Crippen LogP contribution in [-0.4, -0.2) is 58.6 Å². The Morgan fingerprint density at radius 3 is 2.22 bits per heavy atom. The maximum Gasteiger partial charge on any atom is 0.326 e. The number of nitrogens with two attached hydrogens (primary N) is 1. The fourth-order valence-corrected chi connectivity index (χ4v) is 1.09. The molecule has 0 fully saturated rings. The number of hydrogen-bond donors (Lipinski definition) is 4. The second kappa shape index (κ2) is 7.09.